The van der Waals surface area contributed by atoms with Crippen LogP contribution in [0.5, 0.6) is 0 Å². The van der Waals surface area contributed by atoms with Crippen LogP contribution in [-0.2, 0) is 6.42 Å². The second kappa shape index (κ2) is 10.5. The molecule has 0 atom stereocenters. The lowest BCUT2D eigenvalue weighted by Gasteiger charge is -2.25. The topological polar surface area (TPSA) is 3.24 Å². The van der Waals surface area contributed by atoms with Crippen molar-refractivity contribution in [1.82, 2.24) is 0 Å². The molecule has 0 fully saturated rings. The third kappa shape index (κ3) is 5.16. The van der Waals surface area contributed by atoms with Gasteiger partial charge in [0.2, 0.25) is 0 Å². The van der Waals surface area contributed by atoms with Crippen molar-refractivity contribution in [3.05, 3.63) is 162 Å². The number of rotatable bonds is 7. The largest absolute Gasteiger partial charge is 0.311 e. The van der Waals surface area contributed by atoms with E-state index >= 15 is 0 Å². The normalized spacial score (nSPS) is 11.2. The van der Waals surface area contributed by atoms with E-state index in [4.69, 9.17) is 0 Å². The molecule has 0 unspecified atom stereocenters. The van der Waals surface area contributed by atoms with Gasteiger partial charge in [0.1, 0.15) is 0 Å². The van der Waals surface area contributed by atoms with Crippen molar-refractivity contribution in [3.63, 3.8) is 0 Å². The molecule has 0 saturated heterocycles. The molecule has 5 rings (SSSR count). The summed E-state index contributed by atoms with van der Waals surface area (Å²) in [6.07, 6.45) is 3.20. The van der Waals surface area contributed by atoms with Gasteiger partial charge in [0, 0.05) is 17.1 Å². The fourth-order valence-electron chi connectivity index (χ4n) is 4.23. The van der Waals surface area contributed by atoms with Gasteiger partial charge in [-0.15, -0.1) is 0 Å². The molecule has 0 heterocycles. The van der Waals surface area contributed by atoms with Gasteiger partial charge in [0.05, 0.1) is 0 Å². The average Bonchev–Trinajstić information content (AvgIpc) is 2.92. The Balaban J connectivity index is 1.50. The summed E-state index contributed by atoms with van der Waals surface area (Å²) < 4.78 is 0. The van der Waals surface area contributed by atoms with E-state index in [1.807, 2.05) is 0 Å². The molecule has 34 heavy (non-hydrogen) atoms. The molecule has 5 aromatic rings. The van der Waals surface area contributed by atoms with Gasteiger partial charge in [-0.2, -0.15) is 0 Å². The first-order valence-electron chi connectivity index (χ1n) is 11.7. The molecule has 0 radical (unpaired) electrons. The standard InChI is InChI=1S/C33H27N/c1-5-13-27(14-6-1)25-30(29-15-7-2-8-16-29)26-28-21-23-33(24-22-28)34(31-17-9-3-10-18-31)32-19-11-4-12-20-32/h1-24,26H,25H2. The maximum atomic E-state index is 2.31. The third-order valence-electron chi connectivity index (χ3n) is 5.90. The maximum Gasteiger partial charge on any atom is 0.0462 e. The molecule has 1 nitrogen and oxygen atoms in total. The molecule has 0 aromatic heterocycles. The van der Waals surface area contributed by atoms with Crippen LogP contribution in [0.15, 0.2) is 146 Å². The molecule has 0 spiro atoms. The quantitative estimate of drug-likeness (QED) is 0.230. The number of hydrogen-bond acceptors (Lipinski definition) is 1. The van der Waals surface area contributed by atoms with Crippen molar-refractivity contribution in [2.24, 2.45) is 0 Å². The Morgan fingerprint density at radius 2 is 0.912 bits per heavy atom. The minimum atomic E-state index is 0.896. The predicted molar refractivity (Wildman–Crippen MR) is 146 cm³/mol. The van der Waals surface area contributed by atoms with Crippen LogP contribution >= 0.6 is 0 Å². The molecule has 0 aliphatic carbocycles. The SMILES string of the molecule is C(=C(Cc1ccccc1)c1ccccc1)c1ccc(N(c2ccccc2)c2ccccc2)cc1. The van der Waals surface area contributed by atoms with Gasteiger partial charge in [0.25, 0.3) is 0 Å². The molecule has 0 amide bonds. The highest BCUT2D eigenvalue weighted by Gasteiger charge is 2.11. The Labute approximate surface area is 202 Å². The van der Waals surface area contributed by atoms with Crippen molar-refractivity contribution in [2.45, 2.75) is 6.42 Å². The summed E-state index contributed by atoms with van der Waals surface area (Å²) in [5.74, 6) is 0. The molecule has 0 bridgehead atoms. The summed E-state index contributed by atoms with van der Waals surface area (Å²) in [6.45, 7) is 0. The van der Waals surface area contributed by atoms with E-state index in [2.05, 4.69) is 157 Å². The van der Waals surface area contributed by atoms with E-state index in [1.54, 1.807) is 0 Å². The van der Waals surface area contributed by atoms with Crippen LogP contribution in [-0.4, -0.2) is 0 Å². The van der Waals surface area contributed by atoms with Gasteiger partial charge in [-0.25, -0.2) is 0 Å². The minimum Gasteiger partial charge on any atom is -0.311 e. The lowest BCUT2D eigenvalue weighted by atomic mass is 9.96. The third-order valence-corrected chi connectivity index (χ3v) is 5.90. The van der Waals surface area contributed by atoms with Gasteiger partial charge in [-0.3, -0.25) is 0 Å². The van der Waals surface area contributed by atoms with Crippen molar-refractivity contribution in [3.8, 4) is 0 Å². The molecule has 5 aromatic carbocycles. The first-order valence-corrected chi connectivity index (χ1v) is 11.7. The molecule has 164 valence electrons. The zero-order valence-electron chi connectivity index (χ0n) is 19.1. The van der Waals surface area contributed by atoms with Crippen LogP contribution in [0.1, 0.15) is 16.7 Å². The molecule has 0 saturated carbocycles. The summed E-state index contributed by atoms with van der Waals surface area (Å²) in [6, 6.07) is 51.2. The second-order valence-corrected chi connectivity index (χ2v) is 8.30. The molecular weight excluding hydrogens is 410 g/mol. The predicted octanol–water partition coefficient (Wildman–Crippen LogP) is 8.94. The van der Waals surface area contributed by atoms with Crippen molar-refractivity contribution < 1.29 is 0 Å². The monoisotopic (exact) mass is 437 g/mol. The number of anilines is 3. The van der Waals surface area contributed by atoms with Gasteiger partial charge < -0.3 is 4.90 Å². The number of benzene rings is 5. The minimum absolute atomic E-state index is 0.896. The highest BCUT2D eigenvalue weighted by molar-refractivity contribution is 5.84. The van der Waals surface area contributed by atoms with E-state index in [9.17, 15) is 0 Å². The summed E-state index contributed by atoms with van der Waals surface area (Å²) in [5, 5.41) is 0. The fourth-order valence-corrected chi connectivity index (χ4v) is 4.23. The Bertz CT molecular complexity index is 1280. The number of hydrogen-bond donors (Lipinski definition) is 0. The molecule has 0 N–H and O–H groups in total. The highest BCUT2D eigenvalue weighted by Crippen LogP contribution is 2.34. The molecule has 0 aliphatic rings. The first-order chi connectivity index (χ1) is 16.9. The smallest absolute Gasteiger partial charge is 0.0462 e. The maximum absolute atomic E-state index is 2.31. The Morgan fingerprint density at radius 1 is 0.471 bits per heavy atom. The highest BCUT2D eigenvalue weighted by atomic mass is 15.1. The Hall–Kier alpha value is -4.36. The van der Waals surface area contributed by atoms with Crippen LogP contribution in [0, 0.1) is 0 Å². The van der Waals surface area contributed by atoms with E-state index in [0.717, 1.165) is 23.5 Å². The first kappa shape index (κ1) is 21.5. The van der Waals surface area contributed by atoms with Crippen molar-refractivity contribution in [2.75, 3.05) is 4.90 Å². The second-order valence-electron chi connectivity index (χ2n) is 8.30. The van der Waals surface area contributed by atoms with Crippen LogP contribution in [0.4, 0.5) is 17.1 Å². The van der Waals surface area contributed by atoms with E-state index in [0.29, 0.717) is 0 Å². The molecule has 0 aliphatic heterocycles. The molecule has 1 heteroatoms. The number of allylic oxidation sites excluding steroid dienone is 1. The summed E-state index contributed by atoms with van der Waals surface area (Å²) in [5.41, 5.74) is 8.50. The van der Waals surface area contributed by atoms with E-state index in [1.165, 1.54) is 22.3 Å². The van der Waals surface area contributed by atoms with Crippen molar-refractivity contribution >= 4 is 28.7 Å². The zero-order chi connectivity index (χ0) is 23.0. The van der Waals surface area contributed by atoms with Gasteiger partial charge in [-0.1, -0.05) is 115 Å². The van der Waals surface area contributed by atoms with Gasteiger partial charge in [-0.05, 0) is 65.1 Å². The summed E-state index contributed by atoms with van der Waals surface area (Å²) in [7, 11) is 0. The Morgan fingerprint density at radius 3 is 1.44 bits per heavy atom. The Kier molecular flexibility index (Phi) is 6.64. The van der Waals surface area contributed by atoms with E-state index < -0.39 is 0 Å². The van der Waals surface area contributed by atoms with E-state index in [-0.39, 0.29) is 0 Å². The van der Waals surface area contributed by atoms with Gasteiger partial charge in [0.15, 0.2) is 0 Å². The van der Waals surface area contributed by atoms with Crippen LogP contribution in [0.25, 0.3) is 11.6 Å². The average molecular weight is 438 g/mol. The zero-order valence-corrected chi connectivity index (χ0v) is 19.1. The fraction of sp³-hybridized carbons (Fsp3) is 0.0303. The lowest BCUT2D eigenvalue weighted by Crippen LogP contribution is -2.09. The number of nitrogens with zero attached hydrogens (tertiary/aromatic N) is 1. The van der Waals surface area contributed by atoms with Gasteiger partial charge >= 0.3 is 0 Å². The van der Waals surface area contributed by atoms with Crippen LogP contribution in [0.2, 0.25) is 0 Å². The lowest BCUT2D eigenvalue weighted by molar-refractivity contribution is 1.28. The summed E-state index contributed by atoms with van der Waals surface area (Å²) in [4.78, 5) is 2.29. The molecular formula is C33H27N. The van der Waals surface area contributed by atoms with Crippen LogP contribution in [0.3, 0.4) is 0 Å². The van der Waals surface area contributed by atoms with Crippen molar-refractivity contribution in [1.29, 1.82) is 0 Å². The summed E-state index contributed by atoms with van der Waals surface area (Å²) >= 11 is 0. The van der Waals surface area contributed by atoms with Crippen LogP contribution < -0.4 is 4.90 Å². The number of para-hydroxylation sites is 2.